The van der Waals surface area contributed by atoms with Gasteiger partial charge in [-0.1, -0.05) is 0 Å². The van der Waals surface area contributed by atoms with Gasteiger partial charge in [0, 0.05) is 6.20 Å². The van der Waals surface area contributed by atoms with Crippen LogP contribution in [0.5, 0.6) is 0 Å². The molecule has 2 rings (SSSR count). The Labute approximate surface area is 83.0 Å². The van der Waals surface area contributed by atoms with Crippen LogP contribution in [0.2, 0.25) is 0 Å². The normalized spacial score (nSPS) is 10.4. The molecule has 2 aromatic heterocycles. The maximum Gasteiger partial charge on any atom is 0.128 e. The number of halogens is 1. The Morgan fingerprint density at radius 3 is 3.00 bits per heavy atom. The van der Waals surface area contributed by atoms with Crippen LogP contribution in [0, 0.1) is 0 Å². The van der Waals surface area contributed by atoms with Crippen molar-refractivity contribution in [3.05, 3.63) is 39.3 Å². The molecule has 2 aromatic rings. The number of hydrogen-bond acceptors (Lipinski definition) is 2. The predicted molar refractivity (Wildman–Crippen MR) is 53.3 cm³/mol. The van der Waals surface area contributed by atoms with Gasteiger partial charge < -0.3 is 0 Å². The maximum absolute atomic E-state index is 4.22. The molecule has 0 atom stereocenters. The molecule has 0 aliphatic carbocycles. The van der Waals surface area contributed by atoms with Gasteiger partial charge in [-0.2, -0.15) is 16.4 Å². The molecule has 0 aliphatic heterocycles. The summed E-state index contributed by atoms with van der Waals surface area (Å²) in [5, 5.41) is 8.44. The first-order valence-corrected chi connectivity index (χ1v) is 5.28. The molecule has 0 bridgehead atoms. The SMILES string of the molecule is Brc1ccn(Cc2ccsc2)n1. The summed E-state index contributed by atoms with van der Waals surface area (Å²) in [6, 6.07) is 4.05. The van der Waals surface area contributed by atoms with Crippen LogP contribution >= 0.6 is 27.3 Å². The van der Waals surface area contributed by atoms with Crippen LogP contribution in [0.1, 0.15) is 5.56 Å². The molecule has 0 aliphatic rings. The summed E-state index contributed by atoms with van der Waals surface area (Å²) in [5.41, 5.74) is 1.30. The first-order chi connectivity index (χ1) is 5.84. The zero-order chi connectivity index (χ0) is 8.39. The second-order valence-corrected chi connectivity index (χ2v) is 4.06. The van der Waals surface area contributed by atoms with Gasteiger partial charge in [0.05, 0.1) is 6.54 Å². The molecular formula is C8H7BrN2S. The summed E-state index contributed by atoms with van der Waals surface area (Å²) in [5.74, 6) is 0. The van der Waals surface area contributed by atoms with E-state index >= 15 is 0 Å². The van der Waals surface area contributed by atoms with E-state index in [1.807, 2.05) is 16.9 Å². The molecule has 0 saturated heterocycles. The van der Waals surface area contributed by atoms with E-state index in [4.69, 9.17) is 0 Å². The van der Waals surface area contributed by atoms with E-state index in [-0.39, 0.29) is 0 Å². The average Bonchev–Trinajstić information content (AvgIpc) is 2.63. The number of nitrogens with zero attached hydrogens (tertiary/aromatic N) is 2. The van der Waals surface area contributed by atoms with Crippen LogP contribution in [0.4, 0.5) is 0 Å². The molecule has 62 valence electrons. The van der Waals surface area contributed by atoms with E-state index < -0.39 is 0 Å². The highest BCUT2D eigenvalue weighted by molar-refractivity contribution is 9.10. The van der Waals surface area contributed by atoms with Crippen LogP contribution in [-0.2, 0) is 6.54 Å². The lowest BCUT2D eigenvalue weighted by Crippen LogP contribution is -1.98. The predicted octanol–water partition coefficient (Wildman–Crippen LogP) is 2.76. The van der Waals surface area contributed by atoms with Crippen molar-refractivity contribution in [3.63, 3.8) is 0 Å². The van der Waals surface area contributed by atoms with Gasteiger partial charge in [-0.25, -0.2) is 0 Å². The first-order valence-electron chi connectivity index (χ1n) is 3.54. The number of hydrogen-bond donors (Lipinski definition) is 0. The highest BCUT2D eigenvalue weighted by atomic mass is 79.9. The van der Waals surface area contributed by atoms with Gasteiger partial charge in [0.1, 0.15) is 4.60 Å². The lowest BCUT2D eigenvalue weighted by molar-refractivity contribution is 0.683. The minimum atomic E-state index is 0.856. The van der Waals surface area contributed by atoms with Gasteiger partial charge in [0.15, 0.2) is 0 Å². The third kappa shape index (κ3) is 1.76. The van der Waals surface area contributed by atoms with Crippen LogP contribution < -0.4 is 0 Å². The Morgan fingerprint density at radius 2 is 2.42 bits per heavy atom. The van der Waals surface area contributed by atoms with Crippen molar-refractivity contribution in [3.8, 4) is 0 Å². The second-order valence-electron chi connectivity index (χ2n) is 2.47. The molecule has 0 spiro atoms. The van der Waals surface area contributed by atoms with Crippen molar-refractivity contribution in [1.29, 1.82) is 0 Å². The maximum atomic E-state index is 4.22. The summed E-state index contributed by atoms with van der Waals surface area (Å²) in [4.78, 5) is 0. The highest BCUT2D eigenvalue weighted by Gasteiger charge is 1.96. The monoisotopic (exact) mass is 242 g/mol. The summed E-state index contributed by atoms with van der Waals surface area (Å²) in [6.07, 6.45) is 1.96. The average molecular weight is 243 g/mol. The Kier molecular flexibility index (Phi) is 2.28. The van der Waals surface area contributed by atoms with Crippen LogP contribution in [0.15, 0.2) is 33.7 Å². The molecule has 12 heavy (non-hydrogen) atoms. The lowest BCUT2D eigenvalue weighted by Gasteiger charge is -1.96. The Hall–Kier alpha value is -0.610. The summed E-state index contributed by atoms with van der Waals surface area (Å²) in [6.45, 7) is 0.856. The minimum Gasteiger partial charge on any atom is -0.267 e. The Morgan fingerprint density at radius 1 is 1.50 bits per heavy atom. The molecule has 0 amide bonds. The summed E-state index contributed by atoms with van der Waals surface area (Å²) >= 11 is 5.02. The van der Waals surface area contributed by atoms with Gasteiger partial charge in [0.2, 0.25) is 0 Å². The molecule has 0 N–H and O–H groups in total. The third-order valence-corrected chi connectivity index (χ3v) is 2.69. The molecule has 2 nitrogen and oxygen atoms in total. The van der Waals surface area contributed by atoms with Gasteiger partial charge in [-0.05, 0) is 44.4 Å². The Bertz CT molecular complexity index is 353. The zero-order valence-corrected chi connectivity index (χ0v) is 8.68. The van der Waals surface area contributed by atoms with Crippen molar-refractivity contribution < 1.29 is 0 Å². The van der Waals surface area contributed by atoms with Crippen molar-refractivity contribution in [2.24, 2.45) is 0 Å². The summed E-state index contributed by atoms with van der Waals surface area (Å²) < 4.78 is 2.80. The molecule has 0 radical (unpaired) electrons. The van der Waals surface area contributed by atoms with Crippen molar-refractivity contribution in [2.75, 3.05) is 0 Å². The smallest absolute Gasteiger partial charge is 0.128 e. The molecule has 0 saturated carbocycles. The second kappa shape index (κ2) is 3.41. The minimum absolute atomic E-state index is 0.856. The van der Waals surface area contributed by atoms with Gasteiger partial charge in [-0.3, -0.25) is 4.68 Å². The van der Waals surface area contributed by atoms with Crippen LogP contribution in [0.3, 0.4) is 0 Å². The van der Waals surface area contributed by atoms with E-state index in [0.29, 0.717) is 0 Å². The largest absolute Gasteiger partial charge is 0.267 e. The summed E-state index contributed by atoms with van der Waals surface area (Å²) in [7, 11) is 0. The van der Waals surface area contributed by atoms with Crippen molar-refractivity contribution >= 4 is 27.3 Å². The lowest BCUT2D eigenvalue weighted by atomic mass is 10.3. The fraction of sp³-hybridized carbons (Fsp3) is 0.125. The van der Waals surface area contributed by atoms with E-state index in [1.165, 1.54) is 5.56 Å². The fourth-order valence-corrected chi connectivity index (χ4v) is 1.98. The van der Waals surface area contributed by atoms with Crippen molar-refractivity contribution in [2.45, 2.75) is 6.54 Å². The van der Waals surface area contributed by atoms with Gasteiger partial charge in [-0.15, -0.1) is 0 Å². The van der Waals surface area contributed by atoms with E-state index in [2.05, 4.69) is 37.9 Å². The topological polar surface area (TPSA) is 17.8 Å². The number of aromatic nitrogens is 2. The molecule has 0 aromatic carbocycles. The fourth-order valence-electron chi connectivity index (χ4n) is 0.995. The number of rotatable bonds is 2. The quantitative estimate of drug-likeness (QED) is 0.792. The first kappa shape index (κ1) is 8.01. The Balaban J connectivity index is 2.14. The van der Waals surface area contributed by atoms with E-state index in [9.17, 15) is 0 Å². The van der Waals surface area contributed by atoms with E-state index in [0.717, 1.165) is 11.1 Å². The van der Waals surface area contributed by atoms with Crippen molar-refractivity contribution in [1.82, 2.24) is 9.78 Å². The molecule has 0 unspecified atom stereocenters. The highest BCUT2D eigenvalue weighted by Crippen LogP contribution is 2.09. The van der Waals surface area contributed by atoms with E-state index in [1.54, 1.807) is 11.3 Å². The standard InChI is InChI=1S/C8H7BrN2S/c9-8-1-3-11(10-8)5-7-2-4-12-6-7/h1-4,6H,5H2. The van der Waals surface area contributed by atoms with Crippen LogP contribution in [0.25, 0.3) is 0 Å². The molecule has 4 heteroatoms. The molecular weight excluding hydrogens is 236 g/mol. The number of thiophene rings is 1. The van der Waals surface area contributed by atoms with Crippen LogP contribution in [-0.4, -0.2) is 9.78 Å². The molecule has 2 heterocycles. The van der Waals surface area contributed by atoms with Gasteiger partial charge >= 0.3 is 0 Å². The van der Waals surface area contributed by atoms with Gasteiger partial charge in [0.25, 0.3) is 0 Å². The molecule has 0 fully saturated rings. The zero-order valence-electron chi connectivity index (χ0n) is 6.27. The third-order valence-electron chi connectivity index (χ3n) is 1.53.